The number of rotatable bonds is 7. The molecule has 0 saturated heterocycles. The fraction of sp³-hybridized carbons (Fsp3) is 0.158. The van der Waals surface area contributed by atoms with Gasteiger partial charge >= 0.3 is 0 Å². The molecular formula is C19H19N3O4S2. The predicted molar refractivity (Wildman–Crippen MR) is 108 cm³/mol. The molecule has 1 amide bonds. The predicted octanol–water partition coefficient (Wildman–Crippen LogP) is 2.66. The average molecular weight is 418 g/mol. The summed E-state index contributed by atoms with van der Waals surface area (Å²) in [7, 11) is -0.571. The number of benzene rings is 2. The zero-order chi connectivity index (χ0) is 20.1. The monoisotopic (exact) mass is 417 g/mol. The number of thiazole rings is 1. The Kier molecular flexibility index (Phi) is 6.08. The Morgan fingerprint density at radius 1 is 1.18 bits per heavy atom. The molecule has 2 aromatic carbocycles. The van der Waals surface area contributed by atoms with Crippen molar-refractivity contribution >= 4 is 27.3 Å². The summed E-state index contributed by atoms with van der Waals surface area (Å²) in [5.41, 5.74) is 1.89. The van der Waals surface area contributed by atoms with Crippen molar-refractivity contribution in [2.75, 3.05) is 14.2 Å². The smallest absolute Gasteiger partial charge is 0.271 e. The molecule has 1 aromatic heterocycles. The van der Waals surface area contributed by atoms with Crippen LogP contribution in [0.4, 0.5) is 0 Å². The Morgan fingerprint density at radius 2 is 1.93 bits per heavy atom. The summed E-state index contributed by atoms with van der Waals surface area (Å²) in [6.07, 6.45) is 0. The highest BCUT2D eigenvalue weighted by atomic mass is 32.2. The highest BCUT2D eigenvalue weighted by Crippen LogP contribution is 2.25. The third-order valence-electron chi connectivity index (χ3n) is 4.00. The Morgan fingerprint density at radius 3 is 2.61 bits per heavy atom. The molecule has 7 nitrogen and oxygen atoms in total. The minimum atomic E-state index is -3.53. The quantitative estimate of drug-likeness (QED) is 0.616. The summed E-state index contributed by atoms with van der Waals surface area (Å²) in [5.74, 6) is 0.429. The third kappa shape index (κ3) is 4.56. The zero-order valence-electron chi connectivity index (χ0n) is 15.3. The van der Waals surface area contributed by atoms with Crippen LogP contribution in [0.2, 0.25) is 0 Å². The van der Waals surface area contributed by atoms with Crippen LogP contribution in [0.15, 0.2) is 58.8 Å². The lowest BCUT2D eigenvalue weighted by atomic mass is 10.2. The first kappa shape index (κ1) is 20.0. The van der Waals surface area contributed by atoms with E-state index in [9.17, 15) is 13.2 Å². The van der Waals surface area contributed by atoms with Crippen molar-refractivity contribution in [3.8, 4) is 16.3 Å². The number of nitrogens with zero attached hydrogens (tertiary/aromatic N) is 1. The number of carbonyl (C=O) groups is 1. The fourth-order valence-corrected chi connectivity index (χ4v) is 4.06. The first-order valence-electron chi connectivity index (χ1n) is 8.33. The highest BCUT2D eigenvalue weighted by molar-refractivity contribution is 7.89. The summed E-state index contributed by atoms with van der Waals surface area (Å²) in [5, 5.41) is 5.19. The lowest BCUT2D eigenvalue weighted by Crippen LogP contribution is -2.23. The van der Waals surface area contributed by atoms with Gasteiger partial charge in [0.25, 0.3) is 5.91 Å². The molecule has 0 spiro atoms. The van der Waals surface area contributed by atoms with E-state index >= 15 is 0 Å². The Hall–Kier alpha value is -2.75. The third-order valence-corrected chi connectivity index (χ3v) is 6.31. The number of carbonyl (C=O) groups excluding carboxylic acids is 1. The molecule has 3 aromatic rings. The van der Waals surface area contributed by atoms with Crippen LogP contribution < -0.4 is 14.8 Å². The molecule has 3 rings (SSSR count). The van der Waals surface area contributed by atoms with Crippen LogP contribution in [0, 0.1) is 0 Å². The van der Waals surface area contributed by atoms with Crippen molar-refractivity contribution in [1.29, 1.82) is 0 Å². The normalized spacial score (nSPS) is 11.2. The van der Waals surface area contributed by atoms with E-state index in [-0.39, 0.29) is 17.3 Å². The molecule has 0 bridgehead atoms. The minimum Gasteiger partial charge on any atom is -0.497 e. The van der Waals surface area contributed by atoms with E-state index in [1.165, 1.54) is 30.5 Å². The van der Waals surface area contributed by atoms with Crippen LogP contribution in [-0.4, -0.2) is 33.5 Å². The van der Waals surface area contributed by atoms with E-state index in [1.807, 2.05) is 24.3 Å². The van der Waals surface area contributed by atoms with Crippen LogP contribution in [0.5, 0.6) is 5.75 Å². The first-order chi connectivity index (χ1) is 13.4. The fourth-order valence-electron chi connectivity index (χ4n) is 2.46. The maximum absolute atomic E-state index is 12.4. The van der Waals surface area contributed by atoms with Crippen molar-refractivity contribution in [2.45, 2.75) is 11.4 Å². The zero-order valence-corrected chi connectivity index (χ0v) is 16.9. The van der Waals surface area contributed by atoms with Gasteiger partial charge < -0.3 is 10.1 Å². The standard InChI is InChI=1S/C19H19N3O4S2/c1-20-28(24,25)16-5-3-4-13(10-16)11-21-18(23)17-12-27-19(22-17)14-6-8-15(26-2)9-7-14/h3-10,12,20H,11H2,1-2H3,(H,21,23). The van der Waals surface area contributed by atoms with Crippen molar-refractivity contribution in [2.24, 2.45) is 0 Å². The molecule has 0 atom stereocenters. The number of aromatic nitrogens is 1. The van der Waals surface area contributed by atoms with Gasteiger partial charge in [0, 0.05) is 17.5 Å². The molecule has 28 heavy (non-hydrogen) atoms. The molecule has 0 aliphatic rings. The molecule has 0 fully saturated rings. The van der Waals surface area contributed by atoms with Gasteiger partial charge in [-0.1, -0.05) is 12.1 Å². The molecule has 0 saturated carbocycles. The van der Waals surface area contributed by atoms with E-state index in [2.05, 4.69) is 15.0 Å². The average Bonchev–Trinajstić information content (AvgIpc) is 3.22. The van der Waals surface area contributed by atoms with Gasteiger partial charge in [0.15, 0.2) is 0 Å². The number of sulfonamides is 1. The van der Waals surface area contributed by atoms with Gasteiger partial charge in [-0.05, 0) is 49.0 Å². The number of nitrogens with one attached hydrogen (secondary N) is 2. The van der Waals surface area contributed by atoms with Crippen molar-refractivity contribution in [3.05, 3.63) is 65.2 Å². The lowest BCUT2D eigenvalue weighted by molar-refractivity contribution is 0.0946. The Bertz CT molecular complexity index is 1080. The summed E-state index contributed by atoms with van der Waals surface area (Å²) in [6, 6.07) is 13.8. The van der Waals surface area contributed by atoms with Gasteiger partial charge in [-0.25, -0.2) is 18.1 Å². The molecule has 146 valence electrons. The number of hydrogen-bond acceptors (Lipinski definition) is 6. The second kappa shape index (κ2) is 8.51. The van der Waals surface area contributed by atoms with Gasteiger partial charge in [-0.15, -0.1) is 11.3 Å². The largest absolute Gasteiger partial charge is 0.497 e. The summed E-state index contributed by atoms with van der Waals surface area (Å²) in [4.78, 5) is 16.9. The lowest BCUT2D eigenvalue weighted by Gasteiger charge is -2.07. The number of methoxy groups -OCH3 is 1. The highest BCUT2D eigenvalue weighted by Gasteiger charge is 2.14. The maximum atomic E-state index is 12.4. The second-order valence-electron chi connectivity index (χ2n) is 5.80. The van der Waals surface area contributed by atoms with E-state index in [0.717, 1.165) is 16.3 Å². The van der Waals surface area contributed by atoms with Gasteiger partial charge in [-0.2, -0.15) is 0 Å². The Labute approximate surface area is 167 Å². The summed E-state index contributed by atoms with van der Waals surface area (Å²) >= 11 is 1.37. The number of hydrogen-bond donors (Lipinski definition) is 2. The van der Waals surface area contributed by atoms with Crippen molar-refractivity contribution in [1.82, 2.24) is 15.0 Å². The summed E-state index contributed by atoms with van der Waals surface area (Å²) in [6.45, 7) is 0.196. The van der Waals surface area contributed by atoms with E-state index < -0.39 is 10.0 Å². The van der Waals surface area contributed by atoms with Gasteiger partial charge in [0.2, 0.25) is 10.0 Å². The van der Waals surface area contributed by atoms with Crippen molar-refractivity contribution in [3.63, 3.8) is 0 Å². The van der Waals surface area contributed by atoms with Gasteiger partial charge in [-0.3, -0.25) is 4.79 Å². The molecule has 2 N–H and O–H groups in total. The molecule has 0 aliphatic heterocycles. The van der Waals surface area contributed by atoms with Crippen LogP contribution in [-0.2, 0) is 16.6 Å². The SMILES string of the molecule is CNS(=O)(=O)c1cccc(CNC(=O)c2csc(-c3ccc(OC)cc3)n2)c1. The molecule has 9 heteroatoms. The van der Waals surface area contributed by atoms with Crippen molar-refractivity contribution < 1.29 is 17.9 Å². The van der Waals surface area contributed by atoms with Crippen LogP contribution in [0.1, 0.15) is 16.1 Å². The molecule has 1 heterocycles. The van der Waals surface area contributed by atoms with E-state index in [0.29, 0.717) is 11.3 Å². The summed E-state index contributed by atoms with van der Waals surface area (Å²) < 4.78 is 31.2. The second-order valence-corrected chi connectivity index (χ2v) is 8.55. The minimum absolute atomic E-state index is 0.150. The first-order valence-corrected chi connectivity index (χ1v) is 10.7. The van der Waals surface area contributed by atoms with Gasteiger partial charge in [0.1, 0.15) is 16.5 Å². The van der Waals surface area contributed by atoms with Gasteiger partial charge in [0.05, 0.1) is 12.0 Å². The topological polar surface area (TPSA) is 97.4 Å². The van der Waals surface area contributed by atoms with Crippen LogP contribution in [0.3, 0.4) is 0 Å². The Balaban J connectivity index is 1.67. The van der Waals surface area contributed by atoms with E-state index in [1.54, 1.807) is 24.6 Å². The molecule has 0 unspecified atom stereocenters. The number of ether oxygens (including phenoxy) is 1. The molecule has 0 aliphatic carbocycles. The number of amides is 1. The van der Waals surface area contributed by atoms with Crippen LogP contribution >= 0.6 is 11.3 Å². The van der Waals surface area contributed by atoms with E-state index in [4.69, 9.17) is 4.74 Å². The molecular weight excluding hydrogens is 398 g/mol. The van der Waals surface area contributed by atoms with Crippen LogP contribution in [0.25, 0.3) is 10.6 Å². The molecule has 0 radical (unpaired) electrons. The maximum Gasteiger partial charge on any atom is 0.271 e.